The molecule has 1 atom stereocenters. The topological polar surface area (TPSA) is 78.7 Å². The molecule has 144 valence electrons. The summed E-state index contributed by atoms with van der Waals surface area (Å²) < 4.78 is 15.0. The number of halogens is 1. The highest BCUT2D eigenvalue weighted by Gasteiger charge is 2.26. The van der Waals surface area contributed by atoms with Crippen molar-refractivity contribution >= 4 is 11.8 Å². The fraction of sp³-hybridized carbons (Fsp3) is 0.421. The smallest absolute Gasteiger partial charge is 0.254 e. The Balaban J connectivity index is 1.74. The van der Waals surface area contributed by atoms with E-state index in [1.165, 1.54) is 23.1 Å². The number of benzene rings is 1. The van der Waals surface area contributed by atoms with Crippen LogP contribution in [-0.4, -0.2) is 57.1 Å². The van der Waals surface area contributed by atoms with E-state index in [1.54, 1.807) is 36.7 Å². The molecule has 1 unspecified atom stereocenters. The fourth-order valence-corrected chi connectivity index (χ4v) is 3.11. The number of carbonyl (C=O) groups excluding carboxylic acids is 2. The Morgan fingerprint density at radius 2 is 2.04 bits per heavy atom. The van der Waals surface area contributed by atoms with Gasteiger partial charge in [-0.05, 0) is 36.8 Å². The van der Waals surface area contributed by atoms with E-state index in [1.807, 2.05) is 0 Å². The summed E-state index contributed by atoms with van der Waals surface area (Å²) in [7, 11) is 3.27. The van der Waals surface area contributed by atoms with Gasteiger partial charge in [-0.2, -0.15) is 5.10 Å². The second-order valence-corrected chi connectivity index (χ2v) is 6.98. The fourth-order valence-electron chi connectivity index (χ4n) is 3.11. The lowest BCUT2D eigenvalue weighted by molar-refractivity contribution is -0.130. The highest BCUT2D eigenvalue weighted by molar-refractivity contribution is 5.95. The van der Waals surface area contributed by atoms with Gasteiger partial charge >= 0.3 is 0 Å². The number of carbonyl (C=O) groups is 2. The van der Waals surface area contributed by atoms with E-state index in [2.05, 4.69) is 5.10 Å². The summed E-state index contributed by atoms with van der Waals surface area (Å²) in [5, 5.41) is 14.6. The first-order chi connectivity index (χ1) is 12.8. The van der Waals surface area contributed by atoms with Crippen LogP contribution in [0.4, 0.5) is 4.39 Å². The molecule has 1 N–H and O–H groups in total. The Morgan fingerprint density at radius 1 is 1.30 bits per heavy atom. The molecule has 0 saturated heterocycles. The average Bonchev–Trinajstić information content (AvgIpc) is 3.04. The summed E-state index contributed by atoms with van der Waals surface area (Å²) in [6, 6.07) is 5.85. The van der Waals surface area contributed by atoms with Crippen molar-refractivity contribution in [2.45, 2.75) is 32.5 Å². The molecular weight excluding hydrogens is 351 g/mol. The number of aliphatic hydroxyl groups is 1. The van der Waals surface area contributed by atoms with Crippen molar-refractivity contribution in [1.29, 1.82) is 0 Å². The number of hydrogen-bond donors (Lipinski definition) is 1. The predicted octanol–water partition coefficient (Wildman–Crippen LogP) is 1.50. The van der Waals surface area contributed by atoms with Crippen LogP contribution in [0.3, 0.4) is 0 Å². The SMILES string of the molecule is Cc1cc(F)ccc1C(=O)N1CCn2nc(C(O)CC(=O)N(C)C)cc2C1. The van der Waals surface area contributed by atoms with Crippen LogP contribution < -0.4 is 0 Å². The Bertz CT molecular complexity index is 878. The van der Waals surface area contributed by atoms with E-state index < -0.39 is 6.10 Å². The first kappa shape index (κ1) is 19.0. The van der Waals surface area contributed by atoms with Crippen molar-refractivity contribution in [2.24, 2.45) is 0 Å². The Morgan fingerprint density at radius 3 is 2.70 bits per heavy atom. The average molecular weight is 374 g/mol. The first-order valence-electron chi connectivity index (χ1n) is 8.76. The van der Waals surface area contributed by atoms with Crippen LogP contribution >= 0.6 is 0 Å². The molecule has 27 heavy (non-hydrogen) atoms. The minimum absolute atomic E-state index is 0.0408. The molecule has 1 aromatic carbocycles. The molecule has 1 aromatic heterocycles. The van der Waals surface area contributed by atoms with Gasteiger partial charge in [0.2, 0.25) is 5.91 Å². The van der Waals surface area contributed by atoms with Gasteiger partial charge in [-0.3, -0.25) is 14.3 Å². The number of nitrogens with zero attached hydrogens (tertiary/aromatic N) is 4. The summed E-state index contributed by atoms with van der Waals surface area (Å²) in [5.41, 5.74) is 2.28. The number of aliphatic hydroxyl groups excluding tert-OH is 1. The quantitative estimate of drug-likeness (QED) is 0.880. The molecule has 3 rings (SSSR count). The molecular formula is C19H23FN4O3. The van der Waals surface area contributed by atoms with Crippen LogP contribution in [0.25, 0.3) is 0 Å². The van der Waals surface area contributed by atoms with Gasteiger partial charge in [0.15, 0.2) is 0 Å². The minimum Gasteiger partial charge on any atom is -0.386 e. The van der Waals surface area contributed by atoms with Crippen LogP contribution in [-0.2, 0) is 17.9 Å². The molecule has 0 aliphatic carbocycles. The summed E-state index contributed by atoms with van der Waals surface area (Å²) in [6.07, 6.45) is -1.03. The number of aryl methyl sites for hydroxylation is 1. The molecule has 1 aliphatic heterocycles. The van der Waals surface area contributed by atoms with Crippen LogP contribution in [0.2, 0.25) is 0 Å². The summed E-state index contributed by atoms with van der Waals surface area (Å²) in [6.45, 7) is 3.02. The Labute approximate surface area is 157 Å². The van der Waals surface area contributed by atoms with E-state index >= 15 is 0 Å². The van der Waals surface area contributed by atoms with Gasteiger partial charge in [0.25, 0.3) is 5.91 Å². The number of amides is 2. The van der Waals surface area contributed by atoms with Crippen molar-refractivity contribution in [3.05, 3.63) is 52.6 Å². The lowest BCUT2D eigenvalue weighted by Gasteiger charge is -2.28. The highest BCUT2D eigenvalue weighted by atomic mass is 19.1. The molecule has 0 bridgehead atoms. The zero-order chi connectivity index (χ0) is 19.7. The third kappa shape index (κ3) is 4.00. The lowest BCUT2D eigenvalue weighted by Crippen LogP contribution is -2.38. The molecule has 2 amide bonds. The molecule has 1 aliphatic rings. The van der Waals surface area contributed by atoms with Gasteiger partial charge in [0.05, 0.1) is 30.9 Å². The van der Waals surface area contributed by atoms with E-state index in [9.17, 15) is 19.1 Å². The Kier molecular flexibility index (Phi) is 5.27. The van der Waals surface area contributed by atoms with Crippen molar-refractivity contribution in [2.75, 3.05) is 20.6 Å². The maximum atomic E-state index is 13.3. The second-order valence-electron chi connectivity index (χ2n) is 6.98. The van der Waals surface area contributed by atoms with Crippen molar-refractivity contribution < 1.29 is 19.1 Å². The third-order valence-corrected chi connectivity index (χ3v) is 4.73. The van der Waals surface area contributed by atoms with Gasteiger partial charge in [-0.25, -0.2) is 4.39 Å². The minimum atomic E-state index is -0.985. The number of hydrogen-bond acceptors (Lipinski definition) is 4. The summed E-state index contributed by atoms with van der Waals surface area (Å²) in [5.74, 6) is -0.714. The molecule has 2 aromatic rings. The molecule has 8 heteroatoms. The zero-order valence-corrected chi connectivity index (χ0v) is 15.6. The zero-order valence-electron chi connectivity index (χ0n) is 15.6. The largest absolute Gasteiger partial charge is 0.386 e. The molecule has 0 fully saturated rings. The van der Waals surface area contributed by atoms with E-state index in [-0.39, 0.29) is 24.1 Å². The molecule has 0 radical (unpaired) electrons. The van der Waals surface area contributed by atoms with Gasteiger partial charge in [-0.15, -0.1) is 0 Å². The monoisotopic (exact) mass is 374 g/mol. The predicted molar refractivity (Wildman–Crippen MR) is 96.4 cm³/mol. The summed E-state index contributed by atoms with van der Waals surface area (Å²) >= 11 is 0. The van der Waals surface area contributed by atoms with Crippen LogP contribution in [0.5, 0.6) is 0 Å². The third-order valence-electron chi connectivity index (χ3n) is 4.73. The summed E-state index contributed by atoms with van der Waals surface area (Å²) in [4.78, 5) is 27.7. The number of aromatic nitrogens is 2. The second kappa shape index (κ2) is 7.48. The van der Waals surface area contributed by atoms with Crippen LogP contribution in [0.1, 0.15) is 39.8 Å². The first-order valence-corrected chi connectivity index (χ1v) is 8.76. The van der Waals surface area contributed by atoms with Crippen molar-refractivity contribution in [3.63, 3.8) is 0 Å². The van der Waals surface area contributed by atoms with Gasteiger partial charge < -0.3 is 14.9 Å². The van der Waals surface area contributed by atoms with Crippen molar-refractivity contribution in [3.8, 4) is 0 Å². The highest BCUT2D eigenvalue weighted by Crippen LogP contribution is 2.22. The molecule has 0 saturated carbocycles. The Hall–Kier alpha value is -2.74. The maximum Gasteiger partial charge on any atom is 0.254 e. The van der Waals surface area contributed by atoms with Crippen LogP contribution in [0.15, 0.2) is 24.3 Å². The molecule has 2 heterocycles. The standard InChI is InChI=1S/C19H23FN4O3/c1-12-8-13(20)4-5-15(12)19(27)23-6-7-24-14(11-23)9-16(21-24)17(25)10-18(26)22(2)3/h4-5,8-9,17,25H,6-7,10-11H2,1-3H3. The molecule has 7 nitrogen and oxygen atoms in total. The number of rotatable bonds is 4. The normalized spacial score (nSPS) is 14.6. The maximum absolute atomic E-state index is 13.3. The molecule has 0 spiro atoms. The van der Waals surface area contributed by atoms with E-state index in [0.29, 0.717) is 36.5 Å². The lowest BCUT2D eigenvalue weighted by atomic mass is 10.1. The van der Waals surface area contributed by atoms with Gasteiger partial charge in [-0.1, -0.05) is 0 Å². The van der Waals surface area contributed by atoms with Gasteiger partial charge in [0.1, 0.15) is 11.9 Å². The van der Waals surface area contributed by atoms with Crippen LogP contribution in [0, 0.1) is 12.7 Å². The van der Waals surface area contributed by atoms with E-state index in [4.69, 9.17) is 0 Å². The van der Waals surface area contributed by atoms with E-state index in [0.717, 1.165) is 5.69 Å². The van der Waals surface area contributed by atoms with Gasteiger partial charge in [0, 0.05) is 26.2 Å². The number of fused-ring (bicyclic) bond motifs is 1. The van der Waals surface area contributed by atoms with Crippen molar-refractivity contribution in [1.82, 2.24) is 19.6 Å².